The van der Waals surface area contributed by atoms with E-state index in [9.17, 15) is 9.59 Å². The van der Waals surface area contributed by atoms with Gasteiger partial charge in [-0.25, -0.2) is 9.78 Å². The summed E-state index contributed by atoms with van der Waals surface area (Å²) < 4.78 is 5.18. The molecule has 0 unspecified atom stereocenters. The van der Waals surface area contributed by atoms with Crippen LogP contribution in [0.1, 0.15) is 22.8 Å². The van der Waals surface area contributed by atoms with Crippen LogP contribution in [0.4, 0.5) is 5.00 Å². The fourth-order valence-corrected chi connectivity index (χ4v) is 5.13. The SMILES string of the molecule is CCOC(=O)c1cc(-c2ccccc2)sc1NC(=O)CSc1cc(C)c2ccccc2n1. The van der Waals surface area contributed by atoms with Gasteiger partial charge in [-0.2, -0.15) is 0 Å². The molecule has 2 aromatic carbocycles. The number of carbonyl (C=O) groups is 2. The summed E-state index contributed by atoms with van der Waals surface area (Å²) in [7, 11) is 0. The lowest BCUT2D eigenvalue weighted by Gasteiger charge is -2.07. The summed E-state index contributed by atoms with van der Waals surface area (Å²) >= 11 is 2.73. The van der Waals surface area contributed by atoms with Crippen molar-refractivity contribution in [2.24, 2.45) is 0 Å². The Morgan fingerprint density at radius 2 is 1.81 bits per heavy atom. The number of pyridine rings is 1. The van der Waals surface area contributed by atoms with Crippen molar-refractivity contribution < 1.29 is 14.3 Å². The van der Waals surface area contributed by atoms with Gasteiger partial charge in [0.2, 0.25) is 5.91 Å². The number of anilines is 1. The fourth-order valence-electron chi connectivity index (χ4n) is 3.28. The Kier molecular flexibility index (Phi) is 6.87. The van der Waals surface area contributed by atoms with Crippen LogP contribution in [0.2, 0.25) is 0 Å². The zero-order chi connectivity index (χ0) is 22.5. The number of thiophene rings is 1. The van der Waals surface area contributed by atoms with Crippen LogP contribution in [0.15, 0.2) is 71.8 Å². The van der Waals surface area contributed by atoms with Crippen molar-refractivity contribution in [3.63, 3.8) is 0 Å². The van der Waals surface area contributed by atoms with Crippen LogP contribution in [0.3, 0.4) is 0 Å². The van der Waals surface area contributed by atoms with E-state index < -0.39 is 5.97 Å². The van der Waals surface area contributed by atoms with E-state index in [2.05, 4.69) is 10.3 Å². The number of fused-ring (bicyclic) bond motifs is 1. The van der Waals surface area contributed by atoms with Gasteiger partial charge in [0.1, 0.15) is 5.00 Å². The van der Waals surface area contributed by atoms with Crippen LogP contribution < -0.4 is 5.32 Å². The molecule has 4 aromatic rings. The molecular formula is C25H22N2O3S2. The molecule has 2 aromatic heterocycles. The van der Waals surface area contributed by atoms with Gasteiger partial charge < -0.3 is 10.1 Å². The van der Waals surface area contributed by atoms with E-state index in [1.807, 2.05) is 67.6 Å². The predicted molar refractivity (Wildman–Crippen MR) is 132 cm³/mol. The average Bonchev–Trinajstić information content (AvgIpc) is 3.22. The zero-order valence-electron chi connectivity index (χ0n) is 17.8. The number of ether oxygens (including phenoxy) is 1. The number of rotatable bonds is 7. The Hall–Kier alpha value is -3.16. The van der Waals surface area contributed by atoms with Crippen LogP contribution in [0, 0.1) is 6.92 Å². The molecule has 0 saturated carbocycles. The summed E-state index contributed by atoms with van der Waals surface area (Å²) in [6.45, 7) is 4.07. The number of aryl methyl sites for hydroxylation is 1. The minimum Gasteiger partial charge on any atom is -0.462 e. The molecule has 7 heteroatoms. The number of esters is 1. The summed E-state index contributed by atoms with van der Waals surface area (Å²) in [6.07, 6.45) is 0. The standard InChI is InChI=1S/C25H22N2O3S2/c1-3-30-25(29)19-14-21(17-9-5-4-6-10-17)32-24(19)27-22(28)15-31-23-13-16(2)18-11-7-8-12-20(18)26-23/h4-14H,3,15H2,1-2H3,(H,27,28). The number of para-hydroxylation sites is 1. The lowest BCUT2D eigenvalue weighted by Crippen LogP contribution is -2.16. The van der Waals surface area contributed by atoms with Crippen molar-refractivity contribution in [2.75, 3.05) is 17.7 Å². The third-order valence-electron chi connectivity index (χ3n) is 4.79. The van der Waals surface area contributed by atoms with Crippen LogP contribution in [-0.2, 0) is 9.53 Å². The average molecular weight is 463 g/mol. The highest BCUT2D eigenvalue weighted by molar-refractivity contribution is 7.99. The molecule has 0 aliphatic rings. The van der Waals surface area contributed by atoms with Crippen molar-refractivity contribution in [2.45, 2.75) is 18.9 Å². The van der Waals surface area contributed by atoms with E-state index >= 15 is 0 Å². The van der Waals surface area contributed by atoms with Crippen LogP contribution in [0.25, 0.3) is 21.3 Å². The first-order valence-corrected chi connectivity index (χ1v) is 12.0. The fraction of sp³-hybridized carbons (Fsp3) is 0.160. The third kappa shape index (κ3) is 5.00. The number of amides is 1. The van der Waals surface area contributed by atoms with E-state index in [1.165, 1.54) is 23.1 Å². The van der Waals surface area contributed by atoms with E-state index in [-0.39, 0.29) is 18.3 Å². The minimum atomic E-state index is -0.444. The van der Waals surface area contributed by atoms with Gasteiger partial charge in [0, 0.05) is 10.3 Å². The molecule has 32 heavy (non-hydrogen) atoms. The van der Waals surface area contributed by atoms with Gasteiger partial charge in [-0.15, -0.1) is 11.3 Å². The number of nitrogens with zero attached hydrogens (tertiary/aromatic N) is 1. The Morgan fingerprint density at radius 3 is 2.59 bits per heavy atom. The molecule has 2 heterocycles. The first kappa shape index (κ1) is 22.0. The molecule has 0 aliphatic carbocycles. The molecule has 0 bridgehead atoms. The number of hydrogen-bond donors (Lipinski definition) is 1. The van der Waals surface area contributed by atoms with Gasteiger partial charge in [0.25, 0.3) is 0 Å². The van der Waals surface area contributed by atoms with Crippen molar-refractivity contribution in [1.82, 2.24) is 4.98 Å². The number of aromatic nitrogens is 1. The van der Waals surface area contributed by atoms with Crippen molar-refractivity contribution in [3.8, 4) is 10.4 Å². The highest BCUT2D eigenvalue weighted by atomic mass is 32.2. The minimum absolute atomic E-state index is 0.186. The van der Waals surface area contributed by atoms with Gasteiger partial charge in [0.15, 0.2) is 0 Å². The second-order valence-corrected chi connectivity index (χ2v) is 9.12. The molecule has 0 spiro atoms. The maximum atomic E-state index is 12.7. The Morgan fingerprint density at radius 1 is 1.06 bits per heavy atom. The highest BCUT2D eigenvalue weighted by Gasteiger charge is 2.20. The molecule has 0 atom stereocenters. The van der Waals surface area contributed by atoms with E-state index in [0.29, 0.717) is 10.6 Å². The molecular weight excluding hydrogens is 440 g/mol. The lowest BCUT2D eigenvalue weighted by atomic mass is 10.1. The van der Waals surface area contributed by atoms with Crippen molar-refractivity contribution >= 4 is 50.9 Å². The lowest BCUT2D eigenvalue weighted by molar-refractivity contribution is -0.113. The molecule has 4 rings (SSSR count). The predicted octanol–water partition coefficient (Wildman–Crippen LogP) is 6.18. The number of carbonyl (C=O) groups excluding carboxylic acids is 2. The van der Waals surface area contributed by atoms with Crippen LogP contribution >= 0.6 is 23.1 Å². The van der Waals surface area contributed by atoms with Crippen LogP contribution in [-0.4, -0.2) is 29.2 Å². The second-order valence-electron chi connectivity index (χ2n) is 7.07. The second kappa shape index (κ2) is 9.97. The van der Waals surface area contributed by atoms with Gasteiger partial charge in [-0.05, 0) is 43.2 Å². The van der Waals surface area contributed by atoms with E-state index in [0.717, 1.165) is 31.9 Å². The number of nitrogens with one attached hydrogen (secondary N) is 1. The first-order valence-electron chi connectivity index (χ1n) is 10.2. The molecule has 1 N–H and O–H groups in total. The maximum absolute atomic E-state index is 12.7. The third-order valence-corrected chi connectivity index (χ3v) is 6.80. The molecule has 5 nitrogen and oxygen atoms in total. The van der Waals surface area contributed by atoms with E-state index in [1.54, 1.807) is 13.0 Å². The van der Waals surface area contributed by atoms with Gasteiger partial charge in [-0.3, -0.25) is 4.79 Å². The Bertz CT molecular complexity index is 1270. The van der Waals surface area contributed by atoms with E-state index in [4.69, 9.17) is 4.74 Å². The summed E-state index contributed by atoms with van der Waals surface area (Å²) in [5.74, 6) is -0.457. The molecule has 162 valence electrons. The largest absolute Gasteiger partial charge is 0.462 e. The van der Waals surface area contributed by atoms with Crippen molar-refractivity contribution in [3.05, 3.63) is 77.9 Å². The molecule has 0 radical (unpaired) electrons. The molecule has 0 saturated heterocycles. The Balaban J connectivity index is 1.51. The van der Waals surface area contributed by atoms with Gasteiger partial charge >= 0.3 is 5.97 Å². The van der Waals surface area contributed by atoms with Crippen molar-refractivity contribution in [1.29, 1.82) is 0 Å². The number of benzene rings is 2. The first-order chi connectivity index (χ1) is 15.5. The monoisotopic (exact) mass is 462 g/mol. The maximum Gasteiger partial charge on any atom is 0.341 e. The summed E-state index contributed by atoms with van der Waals surface area (Å²) in [5.41, 5.74) is 3.38. The number of hydrogen-bond acceptors (Lipinski definition) is 6. The summed E-state index contributed by atoms with van der Waals surface area (Å²) in [4.78, 5) is 30.7. The smallest absolute Gasteiger partial charge is 0.341 e. The Labute approximate surface area is 194 Å². The van der Waals surface area contributed by atoms with Crippen LogP contribution in [0.5, 0.6) is 0 Å². The highest BCUT2D eigenvalue weighted by Crippen LogP contribution is 2.36. The quantitative estimate of drug-likeness (QED) is 0.262. The zero-order valence-corrected chi connectivity index (χ0v) is 19.4. The number of thioether (sulfide) groups is 1. The molecule has 0 fully saturated rings. The molecule has 0 aliphatic heterocycles. The summed E-state index contributed by atoms with van der Waals surface area (Å²) in [5, 5.41) is 5.28. The normalized spacial score (nSPS) is 10.8. The molecule has 1 amide bonds. The summed E-state index contributed by atoms with van der Waals surface area (Å²) in [6, 6.07) is 21.5. The van der Waals surface area contributed by atoms with Gasteiger partial charge in [0.05, 0.1) is 28.5 Å². The topological polar surface area (TPSA) is 68.3 Å². The van der Waals surface area contributed by atoms with Gasteiger partial charge in [-0.1, -0.05) is 60.3 Å².